The molecule has 0 radical (unpaired) electrons. The van der Waals surface area contributed by atoms with Gasteiger partial charge < -0.3 is 5.32 Å². The first-order valence-electron chi connectivity index (χ1n) is 8.18. The van der Waals surface area contributed by atoms with Crippen LogP contribution in [-0.2, 0) is 10.2 Å². The molecule has 1 saturated carbocycles. The van der Waals surface area contributed by atoms with Crippen LogP contribution in [0.2, 0.25) is 0 Å². The van der Waals surface area contributed by atoms with E-state index in [1.54, 1.807) is 14.7 Å². The molecule has 5 nitrogen and oxygen atoms in total. The smallest absolute Gasteiger partial charge is 0.282 e. The van der Waals surface area contributed by atoms with Crippen molar-refractivity contribution in [3.63, 3.8) is 0 Å². The van der Waals surface area contributed by atoms with Crippen LogP contribution < -0.4 is 5.32 Å². The molecule has 21 heavy (non-hydrogen) atoms. The molecule has 0 spiro atoms. The molecule has 1 unspecified atom stereocenters. The third-order valence-electron chi connectivity index (χ3n) is 4.23. The molecule has 0 bridgehead atoms. The second-order valence-electron chi connectivity index (χ2n) is 6.17. The van der Waals surface area contributed by atoms with Crippen LogP contribution >= 0.6 is 0 Å². The molecule has 1 aliphatic heterocycles. The zero-order valence-electron chi connectivity index (χ0n) is 13.1. The SMILES string of the molecule is C=CCN(C1CC1)S(=O)(=O)N1CCCC(CNCCC)C1. The predicted molar refractivity (Wildman–Crippen MR) is 86.3 cm³/mol. The number of nitrogens with one attached hydrogen (secondary N) is 1. The fraction of sp³-hybridized carbons (Fsp3) is 0.867. The lowest BCUT2D eigenvalue weighted by atomic mass is 10.00. The van der Waals surface area contributed by atoms with Crippen molar-refractivity contribution in [1.82, 2.24) is 13.9 Å². The maximum atomic E-state index is 12.8. The van der Waals surface area contributed by atoms with E-state index in [2.05, 4.69) is 18.8 Å². The highest BCUT2D eigenvalue weighted by molar-refractivity contribution is 7.86. The first-order valence-corrected chi connectivity index (χ1v) is 9.57. The van der Waals surface area contributed by atoms with E-state index >= 15 is 0 Å². The van der Waals surface area contributed by atoms with Crippen molar-refractivity contribution >= 4 is 10.2 Å². The lowest BCUT2D eigenvalue weighted by molar-refractivity contribution is 0.243. The van der Waals surface area contributed by atoms with E-state index in [1.807, 2.05) is 0 Å². The Kier molecular flexibility index (Phi) is 6.22. The summed E-state index contributed by atoms with van der Waals surface area (Å²) in [6, 6.07) is 0.201. The van der Waals surface area contributed by atoms with E-state index in [4.69, 9.17) is 0 Å². The van der Waals surface area contributed by atoms with Gasteiger partial charge in [-0.1, -0.05) is 13.0 Å². The van der Waals surface area contributed by atoms with Crippen molar-refractivity contribution in [1.29, 1.82) is 0 Å². The Bertz CT molecular complexity index is 434. The summed E-state index contributed by atoms with van der Waals surface area (Å²) in [5.74, 6) is 0.435. The summed E-state index contributed by atoms with van der Waals surface area (Å²) in [6.07, 6.45) is 6.87. The second kappa shape index (κ2) is 7.72. The Hall–Kier alpha value is -0.430. The van der Waals surface area contributed by atoms with Crippen LogP contribution in [0.4, 0.5) is 0 Å². The van der Waals surface area contributed by atoms with Gasteiger partial charge in [0, 0.05) is 25.7 Å². The molecule has 2 fully saturated rings. The van der Waals surface area contributed by atoms with E-state index in [1.165, 1.54) is 0 Å². The first-order chi connectivity index (χ1) is 10.1. The van der Waals surface area contributed by atoms with Gasteiger partial charge >= 0.3 is 0 Å². The summed E-state index contributed by atoms with van der Waals surface area (Å²) in [6.45, 7) is 9.52. The van der Waals surface area contributed by atoms with Crippen molar-refractivity contribution < 1.29 is 8.42 Å². The molecule has 0 aromatic heterocycles. The molecule has 6 heteroatoms. The largest absolute Gasteiger partial charge is 0.316 e. The van der Waals surface area contributed by atoms with Crippen molar-refractivity contribution in [2.45, 2.75) is 45.1 Å². The van der Waals surface area contributed by atoms with E-state index in [0.29, 0.717) is 25.6 Å². The second-order valence-corrected chi connectivity index (χ2v) is 8.05. The van der Waals surface area contributed by atoms with Gasteiger partial charge in [-0.3, -0.25) is 0 Å². The van der Waals surface area contributed by atoms with Crippen molar-refractivity contribution in [2.24, 2.45) is 5.92 Å². The lowest BCUT2D eigenvalue weighted by Gasteiger charge is -2.35. The molecule has 1 saturated heterocycles. The van der Waals surface area contributed by atoms with Gasteiger partial charge in [0.25, 0.3) is 10.2 Å². The minimum Gasteiger partial charge on any atom is -0.316 e. The van der Waals surface area contributed by atoms with E-state index < -0.39 is 10.2 Å². The van der Waals surface area contributed by atoms with Gasteiger partial charge in [-0.05, 0) is 51.1 Å². The number of rotatable bonds is 9. The molecule has 0 amide bonds. The summed E-state index contributed by atoms with van der Waals surface area (Å²) in [7, 11) is -3.32. The minimum absolute atomic E-state index is 0.201. The number of piperidine rings is 1. The monoisotopic (exact) mass is 315 g/mol. The number of hydrogen-bond acceptors (Lipinski definition) is 3. The summed E-state index contributed by atoms with van der Waals surface area (Å²) in [4.78, 5) is 0. The molecular formula is C15H29N3O2S. The Morgan fingerprint density at radius 2 is 2.14 bits per heavy atom. The van der Waals surface area contributed by atoms with Gasteiger partial charge in [-0.15, -0.1) is 6.58 Å². The van der Waals surface area contributed by atoms with Crippen LogP contribution in [0.1, 0.15) is 39.0 Å². The third-order valence-corrected chi connectivity index (χ3v) is 6.25. The third kappa shape index (κ3) is 4.52. The number of nitrogens with zero attached hydrogens (tertiary/aromatic N) is 2. The normalized spacial score (nSPS) is 24.4. The van der Waals surface area contributed by atoms with Crippen molar-refractivity contribution in [3.05, 3.63) is 12.7 Å². The topological polar surface area (TPSA) is 52.7 Å². The molecule has 2 aliphatic rings. The number of hydrogen-bond donors (Lipinski definition) is 1. The van der Waals surface area contributed by atoms with Crippen LogP contribution in [0.5, 0.6) is 0 Å². The van der Waals surface area contributed by atoms with Crippen molar-refractivity contribution in [3.8, 4) is 0 Å². The molecule has 122 valence electrons. The lowest BCUT2D eigenvalue weighted by Crippen LogP contribution is -2.50. The Labute approximate surface area is 129 Å². The van der Waals surface area contributed by atoms with E-state index in [0.717, 1.165) is 45.2 Å². The fourth-order valence-corrected chi connectivity index (χ4v) is 4.89. The highest BCUT2D eigenvalue weighted by Gasteiger charge is 2.40. The van der Waals surface area contributed by atoms with Crippen LogP contribution in [-0.4, -0.2) is 55.8 Å². The maximum Gasteiger partial charge on any atom is 0.282 e. The van der Waals surface area contributed by atoms with Crippen LogP contribution in [0.3, 0.4) is 0 Å². The standard InChI is InChI=1S/C15H29N3O2S/c1-3-9-16-12-14-6-5-11-17(13-14)21(19,20)18(10-4-2)15-7-8-15/h4,14-16H,2-3,5-13H2,1H3. The van der Waals surface area contributed by atoms with Gasteiger partial charge in [0.1, 0.15) is 0 Å². The van der Waals surface area contributed by atoms with Gasteiger partial charge in [0.2, 0.25) is 0 Å². The summed E-state index contributed by atoms with van der Waals surface area (Å²) >= 11 is 0. The summed E-state index contributed by atoms with van der Waals surface area (Å²) in [5, 5.41) is 3.41. The van der Waals surface area contributed by atoms with E-state index in [9.17, 15) is 8.42 Å². The zero-order chi connectivity index (χ0) is 15.3. The van der Waals surface area contributed by atoms with Crippen LogP contribution in [0.25, 0.3) is 0 Å². The molecular weight excluding hydrogens is 286 g/mol. The fourth-order valence-electron chi connectivity index (χ4n) is 2.96. The first kappa shape index (κ1) is 16.9. The quantitative estimate of drug-likeness (QED) is 0.519. The summed E-state index contributed by atoms with van der Waals surface area (Å²) in [5.41, 5.74) is 0. The Morgan fingerprint density at radius 1 is 1.38 bits per heavy atom. The maximum absolute atomic E-state index is 12.8. The Balaban J connectivity index is 1.96. The van der Waals surface area contributed by atoms with Crippen LogP contribution in [0, 0.1) is 5.92 Å². The average Bonchev–Trinajstić information content (AvgIpc) is 3.30. The highest BCUT2D eigenvalue weighted by Crippen LogP contribution is 2.31. The van der Waals surface area contributed by atoms with Crippen LogP contribution in [0.15, 0.2) is 12.7 Å². The zero-order valence-corrected chi connectivity index (χ0v) is 13.9. The Morgan fingerprint density at radius 3 is 2.76 bits per heavy atom. The van der Waals surface area contributed by atoms with E-state index in [-0.39, 0.29) is 6.04 Å². The molecule has 1 N–H and O–H groups in total. The molecule has 0 aromatic rings. The van der Waals surface area contributed by atoms with Gasteiger partial charge in [-0.25, -0.2) is 0 Å². The summed E-state index contributed by atoms with van der Waals surface area (Å²) < 4.78 is 29.0. The molecule has 0 aromatic carbocycles. The van der Waals surface area contributed by atoms with Gasteiger partial charge in [-0.2, -0.15) is 17.0 Å². The van der Waals surface area contributed by atoms with Gasteiger partial charge in [0.05, 0.1) is 0 Å². The van der Waals surface area contributed by atoms with Gasteiger partial charge in [0.15, 0.2) is 0 Å². The highest BCUT2D eigenvalue weighted by atomic mass is 32.2. The molecule has 2 rings (SSSR count). The molecule has 1 heterocycles. The molecule has 1 atom stereocenters. The van der Waals surface area contributed by atoms with Crippen molar-refractivity contribution in [2.75, 3.05) is 32.7 Å². The average molecular weight is 315 g/mol. The minimum atomic E-state index is -3.32. The molecule has 1 aliphatic carbocycles. The predicted octanol–water partition coefficient (Wildman–Crippen LogP) is 1.59.